The molecular weight excluding hydrogens is 288 g/mol. The fourth-order valence-corrected chi connectivity index (χ4v) is 2.82. The lowest BCUT2D eigenvalue weighted by atomic mass is 10.2. The average molecular weight is 301 g/mol. The van der Waals surface area contributed by atoms with E-state index < -0.39 is 11.6 Å². The van der Waals surface area contributed by atoms with Crippen molar-refractivity contribution in [3.8, 4) is 0 Å². The molecule has 0 aliphatic carbocycles. The molecule has 19 heavy (non-hydrogen) atoms. The normalized spacial score (nSPS) is 11.2. The van der Waals surface area contributed by atoms with E-state index in [0.717, 1.165) is 23.3 Å². The molecule has 2 rings (SSSR count). The van der Waals surface area contributed by atoms with Crippen molar-refractivity contribution in [2.75, 3.05) is 0 Å². The predicted octanol–water partition coefficient (Wildman–Crippen LogP) is 3.47. The van der Waals surface area contributed by atoms with E-state index in [4.69, 9.17) is 0 Å². The zero-order valence-corrected chi connectivity index (χ0v) is 12.1. The van der Waals surface area contributed by atoms with Crippen LogP contribution in [0.5, 0.6) is 0 Å². The van der Waals surface area contributed by atoms with E-state index >= 15 is 0 Å². The molecule has 3 nitrogen and oxygen atoms in total. The number of halogens is 2. The lowest BCUT2D eigenvalue weighted by Crippen LogP contribution is -2.22. The van der Waals surface area contributed by atoms with E-state index in [1.54, 1.807) is 0 Å². The highest BCUT2D eigenvalue weighted by molar-refractivity contribution is 8.01. The van der Waals surface area contributed by atoms with Crippen LogP contribution >= 0.6 is 23.3 Å². The first-order valence-corrected chi connectivity index (χ1v) is 7.31. The van der Waals surface area contributed by atoms with E-state index in [9.17, 15) is 8.78 Å². The number of nitrogens with one attached hydrogen (secondary N) is 1. The number of hydrogen-bond donors (Lipinski definition) is 1. The quantitative estimate of drug-likeness (QED) is 0.917. The summed E-state index contributed by atoms with van der Waals surface area (Å²) in [6.07, 6.45) is 1.36. The summed E-state index contributed by atoms with van der Waals surface area (Å²) in [4.78, 5) is 3.86. The summed E-state index contributed by atoms with van der Waals surface area (Å²) >= 11 is 2.06. The average Bonchev–Trinajstić information content (AvgIpc) is 2.84. The summed E-state index contributed by atoms with van der Waals surface area (Å²) in [6, 6.07) is 2.96. The lowest BCUT2D eigenvalue weighted by Gasteiger charge is -2.10. The fourth-order valence-electron chi connectivity index (χ4n) is 1.43. The van der Waals surface area contributed by atoms with Crippen LogP contribution < -0.4 is 5.32 Å². The third-order valence-electron chi connectivity index (χ3n) is 2.30. The van der Waals surface area contributed by atoms with Crippen molar-refractivity contribution >= 4 is 23.3 Å². The molecule has 0 aliphatic heterocycles. The van der Waals surface area contributed by atoms with E-state index in [-0.39, 0.29) is 10.9 Å². The third-order valence-corrected chi connectivity index (χ3v) is 4.11. The predicted molar refractivity (Wildman–Crippen MR) is 72.4 cm³/mol. The molecule has 2 aromatic rings. The molecule has 0 bridgehead atoms. The summed E-state index contributed by atoms with van der Waals surface area (Å²) < 4.78 is 32.1. The van der Waals surface area contributed by atoms with Gasteiger partial charge in [-0.15, -0.1) is 0 Å². The van der Waals surface area contributed by atoms with Crippen molar-refractivity contribution in [2.45, 2.75) is 35.7 Å². The summed E-state index contributed by atoms with van der Waals surface area (Å²) in [5.41, 5.74) is 0.588. The van der Waals surface area contributed by atoms with E-state index in [2.05, 4.69) is 14.7 Å². The standard InChI is InChI=1S/C12H13F2N3S2/c1-7(2)15-5-8-3-9(13)11(10(14)4-8)18-12-16-6-17-19-12/h3-4,6-7,15H,5H2,1-2H3. The molecule has 1 aromatic heterocycles. The second kappa shape index (κ2) is 6.40. The molecule has 102 valence electrons. The van der Waals surface area contributed by atoms with Crippen LogP contribution in [0.4, 0.5) is 8.78 Å². The molecule has 7 heteroatoms. The van der Waals surface area contributed by atoms with Crippen LogP contribution in [0.1, 0.15) is 19.4 Å². The maximum atomic E-state index is 13.9. The van der Waals surface area contributed by atoms with Gasteiger partial charge in [0.1, 0.15) is 18.0 Å². The Hall–Kier alpha value is -1.05. The van der Waals surface area contributed by atoms with E-state index in [0.29, 0.717) is 16.4 Å². The van der Waals surface area contributed by atoms with Crippen molar-refractivity contribution < 1.29 is 8.78 Å². The maximum absolute atomic E-state index is 13.9. The summed E-state index contributed by atoms with van der Waals surface area (Å²) in [5, 5.41) is 3.12. The topological polar surface area (TPSA) is 37.8 Å². The van der Waals surface area contributed by atoms with Gasteiger partial charge in [0.15, 0.2) is 4.34 Å². The Morgan fingerprint density at radius 1 is 1.32 bits per heavy atom. The molecule has 0 aliphatic rings. The summed E-state index contributed by atoms with van der Waals surface area (Å²) in [6.45, 7) is 4.40. The molecule has 0 fully saturated rings. The highest BCUT2D eigenvalue weighted by Gasteiger charge is 2.14. The van der Waals surface area contributed by atoms with Crippen molar-refractivity contribution in [1.82, 2.24) is 14.7 Å². The van der Waals surface area contributed by atoms with Crippen LogP contribution in [0.15, 0.2) is 27.7 Å². The van der Waals surface area contributed by atoms with E-state index in [1.165, 1.54) is 18.5 Å². The monoisotopic (exact) mass is 301 g/mol. The van der Waals surface area contributed by atoms with Gasteiger partial charge in [0.25, 0.3) is 0 Å². The van der Waals surface area contributed by atoms with Gasteiger partial charge < -0.3 is 5.32 Å². The minimum atomic E-state index is -0.569. The Labute approximate surface area is 118 Å². The lowest BCUT2D eigenvalue weighted by molar-refractivity contribution is 0.529. The molecule has 1 N–H and O–H groups in total. The summed E-state index contributed by atoms with van der Waals surface area (Å²) in [5.74, 6) is -1.14. The zero-order valence-electron chi connectivity index (χ0n) is 10.5. The Kier molecular flexibility index (Phi) is 4.84. The maximum Gasteiger partial charge on any atom is 0.174 e. The van der Waals surface area contributed by atoms with Crippen LogP contribution in [0.2, 0.25) is 0 Å². The van der Waals surface area contributed by atoms with Gasteiger partial charge in [0.2, 0.25) is 0 Å². The smallest absolute Gasteiger partial charge is 0.174 e. The molecular formula is C12H13F2N3S2. The first kappa shape index (κ1) is 14.4. The molecule has 0 spiro atoms. The largest absolute Gasteiger partial charge is 0.310 e. The molecule has 1 aromatic carbocycles. The molecule has 0 saturated carbocycles. The number of nitrogens with zero attached hydrogens (tertiary/aromatic N) is 2. The first-order chi connectivity index (χ1) is 9.06. The van der Waals surface area contributed by atoms with Crippen LogP contribution in [-0.4, -0.2) is 15.4 Å². The second-order valence-electron chi connectivity index (χ2n) is 4.23. The highest BCUT2D eigenvalue weighted by atomic mass is 32.2. The van der Waals surface area contributed by atoms with Crippen molar-refractivity contribution in [3.63, 3.8) is 0 Å². The van der Waals surface area contributed by atoms with Crippen LogP contribution in [0, 0.1) is 11.6 Å². The molecule has 1 heterocycles. The highest BCUT2D eigenvalue weighted by Crippen LogP contribution is 2.33. The van der Waals surface area contributed by atoms with Crippen molar-refractivity contribution in [2.24, 2.45) is 0 Å². The number of aromatic nitrogens is 2. The molecule has 0 atom stereocenters. The van der Waals surface area contributed by atoms with Gasteiger partial charge in [-0.25, -0.2) is 13.8 Å². The van der Waals surface area contributed by atoms with Gasteiger partial charge in [0.05, 0.1) is 4.90 Å². The third kappa shape index (κ3) is 3.95. The molecule has 0 amide bonds. The zero-order chi connectivity index (χ0) is 13.8. The van der Waals surface area contributed by atoms with Crippen LogP contribution in [-0.2, 0) is 6.54 Å². The van der Waals surface area contributed by atoms with Crippen LogP contribution in [0.3, 0.4) is 0 Å². The minimum Gasteiger partial charge on any atom is -0.310 e. The van der Waals surface area contributed by atoms with Crippen molar-refractivity contribution in [1.29, 1.82) is 0 Å². The van der Waals surface area contributed by atoms with Gasteiger partial charge in [-0.1, -0.05) is 25.6 Å². The van der Waals surface area contributed by atoms with Gasteiger partial charge in [-0.05, 0) is 29.2 Å². The Morgan fingerprint density at radius 2 is 2.00 bits per heavy atom. The fraction of sp³-hybridized carbons (Fsp3) is 0.333. The number of hydrogen-bond acceptors (Lipinski definition) is 5. The molecule has 0 radical (unpaired) electrons. The second-order valence-corrected chi connectivity index (χ2v) is 6.27. The van der Waals surface area contributed by atoms with Crippen LogP contribution in [0.25, 0.3) is 0 Å². The first-order valence-electron chi connectivity index (χ1n) is 5.72. The Balaban J connectivity index is 2.17. The van der Waals surface area contributed by atoms with Gasteiger partial charge in [-0.2, -0.15) is 4.37 Å². The minimum absolute atomic E-state index is 0.0370. The Bertz CT molecular complexity index is 521. The SMILES string of the molecule is CC(C)NCc1cc(F)c(Sc2ncns2)c(F)c1. The van der Waals surface area contributed by atoms with Gasteiger partial charge in [0, 0.05) is 12.6 Å². The molecule has 0 saturated heterocycles. The number of rotatable bonds is 5. The molecule has 0 unspecified atom stereocenters. The summed E-state index contributed by atoms with van der Waals surface area (Å²) in [7, 11) is 0. The van der Waals surface area contributed by atoms with Crippen molar-refractivity contribution in [3.05, 3.63) is 35.7 Å². The van der Waals surface area contributed by atoms with Gasteiger partial charge >= 0.3 is 0 Å². The van der Waals surface area contributed by atoms with Gasteiger partial charge in [-0.3, -0.25) is 0 Å². The Morgan fingerprint density at radius 3 is 2.53 bits per heavy atom. The van der Waals surface area contributed by atoms with E-state index in [1.807, 2.05) is 13.8 Å². The number of benzene rings is 1.